The Kier molecular flexibility index (Phi) is 3.55. The fourth-order valence-corrected chi connectivity index (χ4v) is 5.52. The Balaban J connectivity index is 1.54. The minimum Gasteiger partial charge on any atom is -0.341 e. The van der Waals surface area contributed by atoms with E-state index in [-0.39, 0.29) is 23.3 Å². The van der Waals surface area contributed by atoms with Crippen LogP contribution in [0.3, 0.4) is 0 Å². The highest BCUT2D eigenvalue weighted by Gasteiger charge is 2.38. The van der Waals surface area contributed by atoms with Crippen molar-refractivity contribution in [3.63, 3.8) is 0 Å². The molecule has 6 heteroatoms. The first-order valence-electron chi connectivity index (χ1n) is 7.25. The Hall–Kier alpha value is -0.620. The highest BCUT2D eigenvalue weighted by molar-refractivity contribution is 7.91. The predicted octanol–water partition coefficient (Wildman–Crippen LogP) is 0.0216. The largest absolute Gasteiger partial charge is 0.341 e. The van der Waals surface area contributed by atoms with Crippen LogP contribution in [0.1, 0.15) is 25.7 Å². The summed E-state index contributed by atoms with van der Waals surface area (Å²) in [4.78, 5) is 14.2. The molecule has 5 nitrogen and oxygen atoms in total. The fraction of sp³-hybridized carbons (Fsp3) is 0.923. The van der Waals surface area contributed by atoms with Gasteiger partial charge in [-0.05, 0) is 37.6 Å². The molecular formula is C13H22N2O3S. The minimum absolute atomic E-state index is 0.0492. The third-order valence-corrected chi connectivity index (χ3v) is 6.58. The summed E-state index contributed by atoms with van der Waals surface area (Å²) in [5.41, 5.74) is 0. The predicted molar refractivity (Wildman–Crippen MR) is 72.5 cm³/mol. The first kappa shape index (κ1) is 13.4. The van der Waals surface area contributed by atoms with Gasteiger partial charge in [0.15, 0.2) is 9.84 Å². The molecule has 0 radical (unpaired) electrons. The maximum absolute atomic E-state index is 12.3. The van der Waals surface area contributed by atoms with Crippen LogP contribution in [0, 0.1) is 11.8 Å². The second-order valence-corrected chi connectivity index (χ2v) is 8.46. The van der Waals surface area contributed by atoms with Gasteiger partial charge >= 0.3 is 0 Å². The lowest BCUT2D eigenvalue weighted by molar-refractivity contribution is -0.131. The van der Waals surface area contributed by atoms with Crippen LogP contribution in [0.4, 0.5) is 0 Å². The van der Waals surface area contributed by atoms with E-state index in [1.807, 2.05) is 4.90 Å². The number of carbonyl (C=O) groups excluding carboxylic acids is 1. The van der Waals surface area contributed by atoms with Crippen molar-refractivity contribution in [2.75, 3.05) is 31.1 Å². The van der Waals surface area contributed by atoms with Gasteiger partial charge in [-0.15, -0.1) is 0 Å². The number of hydrogen-bond acceptors (Lipinski definition) is 4. The van der Waals surface area contributed by atoms with Gasteiger partial charge < -0.3 is 10.2 Å². The molecule has 108 valence electrons. The van der Waals surface area contributed by atoms with Crippen molar-refractivity contribution in [1.82, 2.24) is 10.2 Å². The van der Waals surface area contributed by atoms with Crippen molar-refractivity contribution in [2.24, 2.45) is 11.8 Å². The van der Waals surface area contributed by atoms with E-state index < -0.39 is 9.84 Å². The van der Waals surface area contributed by atoms with E-state index in [2.05, 4.69) is 5.32 Å². The van der Waals surface area contributed by atoms with E-state index in [0.29, 0.717) is 24.8 Å². The number of sulfone groups is 1. The summed E-state index contributed by atoms with van der Waals surface area (Å²) in [6.07, 6.45) is 3.48. The number of nitrogens with one attached hydrogen (secondary N) is 1. The Labute approximate surface area is 114 Å². The minimum atomic E-state index is -2.87. The van der Waals surface area contributed by atoms with Crippen molar-refractivity contribution in [1.29, 1.82) is 0 Å². The third-order valence-electron chi connectivity index (χ3n) is 4.74. The van der Waals surface area contributed by atoms with Gasteiger partial charge in [0.2, 0.25) is 5.91 Å². The van der Waals surface area contributed by atoms with Crippen LogP contribution in [0.15, 0.2) is 0 Å². The topological polar surface area (TPSA) is 66.5 Å². The average Bonchev–Trinajstić information content (AvgIpc) is 2.92. The molecule has 0 spiro atoms. The molecule has 3 rings (SSSR count). The normalized spacial score (nSPS) is 37.3. The zero-order valence-electron chi connectivity index (χ0n) is 11.2. The van der Waals surface area contributed by atoms with Gasteiger partial charge in [0, 0.05) is 25.6 Å². The van der Waals surface area contributed by atoms with Gasteiger partial charge in [0.05, 0.1) is 11.5 Å². The molecule has 1 amide bonds. The molecule has 3 saturated heterocycles. The number of fused-ring (bicyclic) bond motifs is 1. The molecule has 3 fully saturated rings. The lowest BCUT2D eigenvalue weighted by Gasteiger charge is -2.24. The molecule has 0 aromatic rings. The summed E-state index contributed by atoms with van der Waals surface area (Å²) >= 11 is 0. The van der Waals surface area contributed by atoms with Gasteiger partial charge in [-0.3, -0.25) is 4.79 Å². The van der Waals surface area contributed by atoms with Crippen LogP contribution in [0.2, 0.25) is 0 Å². The second kappa shape index (κ2) is 5.05. The van der Waals surface area contributed by atoms with E-state index in [1.54, 1.807) is 0 Å². The van der Waals surface area contributed by atoms with Crippen molar-refractivity contribution in [2.45, 2.75) is 31.7 Å². The summed E-state index contributed by atoms with van der Waals surface area (Å²) in [6, 6.07) is 0.463. The molecule has 3 unspecified atom stereocenters. The van der Waals surface area contributed by atoms with Crippen LogP contribution >= 0.6 is 0 Å². The first-order chi connectivity index (χ1) is 9.03. The zero-order chi connectivity index (χ0) is 13.5. The van der Waals surface area contributed by atoms with E-state index in [4.69, 9.17) is 0 Å². The van der Waals surface area contributed by atoms with E-state index in [0.717, 1.165) is 19.6 Å². The molecule has 0 aromatic heterocycles. The van der Waals surface area contributed by atoms with Crippen molar-refractivity contribution >= 4 is 15.7 Å². The Bertz CT molecular complexity index is 449. The molecule has 1 N–H and O–H groups in total. The first-order valence-corrected chi connectivity index (χ1v) is 9.07. The number of carbonyl (C=O) groups is 1. The molecule has 3 aliphatic heterocycles. The number of piperidine rings is 1. The van der Waals surface area contributed by atoms with Crippen LogP contribution in [0.5, 0.6) is 0 Å². The van der Waals surface area contributed by atoms with Gasteiger partial charge in [0.1, 0.15) is 0 Å². The lowest BCUT2D eigenvalue weighted by atomic mass is 9.94. The number of rotatable bonds is 2. The standard InChI is InChI=1S/C13H22N2O3S/c16-13(6-10-3-5-19(17,18)9-10)15-7-11-2-1-4-14-12(11)8-15/h10-12,14H,1-9H2. The van der Waals surface area contributed by atoms with Gasteiger partial charge in [-0.25, -0.2) is 8.42 Å². The molecule has 0 bridgehead atoms. The van der Waals surface area contributed by atoms with E-state index in [1.165, 1.54) is 12.8 Å². The highest BCUT2D eigenvalue weighted by atomic mass is 32.2. The average molecular weight is 286 g/mol. The quantitative estimate of drug-likeness (QED) is 0.777. The summed E-state index contributed by atoms with van der Waals surface area (Å²) in [5.74, 6) is 1.27. The summed E-state index contributed by atoms with van der Waals surface area (Å²) in [7, 11) is -2.87. The summed E-state index contributed by atoms with van der Waals surface area (Å²) in [5, 5.41) is 3.48. The Morgan fingerprint density at radius 1 is 1.26 bits per heavy atom. The maximum atomic E-state index is 12.3. The number of likely N-dealkylation sites (tertiary alicyclic amines) is 1. The van der Waals surface area contributed by atoms with E-state index in [9.17, 15) is 13.2 Å². The fourth-order valence-electron chi connectivity index (χ4n) is 3.66. The molecule has 3 atom stereocenters. The second-order valence-electron chi connectivity index (χ2n) is 6.23. The Morgan fingerprint density at radius 2 is 2.11 bits per heavy atom. The van der Waals surface area contributed by atoms with Gasteiger partial charge in [-0.2, -0.15) is 0 Å². The van der Waals surface area contributed by atoms with E-state index >= 15 is 0 Å². The monoisotopic (exact) mass is 286 g/mol. The smallest absolute Gasteiger partial charge is 0.222 e. The molecule has 0 aliphatic carbocycles. The van der Waals surface area contributed by atoms with Crippen LogP contribution in [-0.4, -0.2) is 56.4 Å². The summed E-state index contributed by atoms with van der Waals surface area (Å²) in [6.45, 7) is 2.73. The van der Waals surface area contributed by atoms with Crippen molar-refractivity contribution in [3.05, 3.63) is 0 Å². The molecule has 3 aliphatic rings. The van der Waals surface area contributed by atoms with Crippen LogP contribution < -0.4 is 5.32 Å². The maximum Gasteiger partial charge on any atom is 0.222 e. The molecule has 19 heavy (non-hydrogen) atoms. The van der Waals surface area contributed by atoms with Crippen LogP contribution in [0.25, 0.3) is 0 Å². The highest BCUT2D eigenvalue weighted by Crippen LogP contribution is 2.27. The molecule has 0 saturated carbocycles. The molecular weight excluding hydrogens is 264 g/mol. The lowest BCUT2D eigenvalue weighted by Crippen LogP contribution is -2.41. The van der Waals surface area contributed by atoms with Crippen molar-refractivity contribution < 1.29 is 13.2 Å². The molecule has 0 aromatic carbocycles. The molecule has 3 heterocycles. The third kappa shape index (κ3) is 2.94. The SMILES string of the molecule is O=C(CC1CCS(=O)(=O)C1)N1CC2CCCNC2C1. The number of nitrogens with zero attached hydrogens (tertiary/aromatic N) is 1. The van der Waals surface area contributed by atoms with Crippen molar-refractivity contribution in [3.8, 4) is 0 Å². The summed E-state index contributed by atoms with van der Waals surface area (Å²) < 4.78 is 22.8. The zero-order valence-corrected chi connectivity index (χ0v) is 12.0. The van der Waals surface area contributed by atoms with Crippen LogP contribution in [-0.2, 0) is 14.6 Å². The van der Waals surface area contributed by atoms with Gasteiger partial charge in [-0.1, -0.05) is 0 Å². The number of amides is 1. The Morgan fingerprint density at radius 3 is 2.79 bits per heavy atom. The number of hydrogen-bond donors (Lipinski definition) is 1. The van der Waals surface area contributed by atoms with Gasteiger partial charge in [0.25, 0.3) is 0 Å².